The van der Waals surface area contributed by atoms with Gasteiger partial charge in [-0.05, 0) is 26.7 Å². The van der Waals surface area contributed by atoms with E-state index in [9.17, 15) is 14.7 Å². The number of amides is 2. The number of carboxylic acid groups (broad SMARTS) is 1. The van der Waals surface area contributed by atoms with Crippen molar-refractivity contribution in [2.24, 2.45) is 0 Å². The maximum Gasteiger partial charge on any atom is 0.320 e. The van der Waals surface area contributed by atoms with E-state index in [1.165, 1.54) is 0 Å². The zero-order valence-corrected chi connectivity index (χ0v) is 12.4. The molecular formula is C14H26N2O4. The van der Waals surface area contributed by atoms with E-state index in [1.54, 1.807) is 16.7 Å². The molecule has 0 spiro atoms. The van der Waals surface area contributed by atoms with Crippen molar-refractivity contribution in [3.63, 3.8) is 0 Å². The molecule has 0 aromatic rings. The number of rotatable bonds is 7. The first kappa shape index (κ1) is 16.8. The van der Waals surface area contributed by atoms with Crippen LogP contribution in [0.25, 0.3) is 0 Å². The Labute approximate surface area is 120 Å². The number of aliphatic carboxylic acids is 1. The predicted molar refractivity (Wildman–Crippen MR) is 75.5 cm³/mol. The Morgan fingerprint density at radius 1 is 1.30 bits per heavy atom. The van der Waals surface area contributed by atoms with Crippen LogP contribution >= 0.6 is 0 Å². The molecule has 1 fully saturated rings. The van der Waals surface area contributed by atoms with Crippen LogP contribution in [0.15, 0.2) is 0 Å². The summed E-state index contributed by atoms with van der Waals surface area (Å²) >= 11 is 0. The molecule has 0 aliphatic heterocycles. The van der Waals surface area contributed by atoms with Crippen LogP contribution in [0.2, 0.25) is 0 Å². The van der Waals surface area contributed by atoms with Crippen molar-refractivity contribution < 1.29 is 19.8 Å². The van der Waals surface area contributed by atoms with Crippen LogP contribution < -0.4 is 0 Å². The summed E-state index contributed by atoms with van der Waals surface area (Å²) in [5.74, 6) is -0.904. The average molecular weight is 286 g/mol. The monoisotopic (exact) mass is 286 g/mol. The third kappa shape index (κ3) is 4.37. The second kappa shape index (κ2) is 8.09. The summed E-state index contributed by atoms with van der Waals surface area (Å²) in [4.78, 5) is 26.7. The molecule has 0 heterocycles. The zero-order valence-electron chi connectivity index (χ0n) is 12.4. The second-order valence-corrected chi connectivity index (χ2v) is 5.37. The summed E-state index contributed by atoms with van der Waals surface area (Å²) in [7, 11) is 0. The van der Waals surface area contributed by atoms with E-state index in [0.29, 0.717) is 13.1 Å². The fraction of sp³-hybridized carbons (Fsp3) is 0.857. The lowest BCUT2D eigenvalue weighted by atomic mass is 10.2. The predicted octanol–water partition coefficient (Wildman–Crippen LogP) is 1.53. The number of hydrogen-bond donors (Lipinski definition) is 2. The highest BCUT2D eigenvalue weighted by Gasteiger charge is 2.31. The van der Waals surface area contributed by atoms with E-state index in [2.05, 4.69) is 0 Å². The summed E-state index contributed by atoms with van der Waals surface area (Å²) in [5.41, 5.74) is 0. The Morgan fingerprint density at radius 2 is 1.90 bits per heavy atom. The normalized spacial score (nSPS) is 16.9. The van der Waals surface area contributed by atoms with Crippen molar-refractivity contribution in [3.05, 3.63) is 0 Å². The van der Waals surface area contributed by atoms with Gasteiger partial charge >= 0.3 is 12.0 Å². The topological polar surface area (TPSA) is 81.1 Å². The molecule has 2 amide bonds. The molecule has 1 saturated carbocycles. The van der Waals surface area contributed by atoms with Gasteiger partial charge in [-0.3, -0.25) is 4.79 Å². The van der Waals surface area contributed by atoms with Gasteiger partial charge in [0, 0.05) is 25.2 Å². The van der Waals surface area contributed by atoms with Gasteiger partial charge in [0.2, 0.25) is 0 Å². The Bertz CT molecular complexity index is 329. The van der Waals surface area contributed by atoms with Crippen LogP contribution in [-0.2, 0) is 4.79 Å². The quantitative estimate of drug-likeness (QED) is 0.743. The fourth-order valence-electron chi connectivity index (χ4n) is 2.92. The molecule has 0 radical (unpaired) electrons. The standard InChI is InChI=1S/C14H26N2O4/c1-3-15(11(2)10-13(18)19)14(20)16(8-9-17)12-6-4-5-7-12/h11-12,17H,3-10H2,1-2H3,(H,18,19). The minimum atomic E-state index is -0.904. The molecule has 0 bridgehead atoms. The lowest BCUT2D eigenvalue weighted by Gasteiger charge is -2.36. The number of carbonyl (C=O) groups is 2. The largest absolute Gasteiger partial charge is 0.481 e. The second-order valence-electron chi connectivity index (χ2n) is 5.37. The van der Waals surface area contributed by atoms with Gasteiger partial charge in [0.25, 0.3) is 0 Å². The minimum absolute atomic E-state index is 0.0583. The number of carboxylic acids is 1. The zero-order chi connectivity index (χ0) is 15.1. The van der Waals surface area contributed by atoms with Gasteiger partial charge < -0.3 is 20.0 Å². The molecule has 2 N–H and O–H groups in total. The van der Waals surface area contributed by atoms with Crippen molar-refractivity contribution in [3.8, 4) is 0 Å². The third-order valence-corrected chi connectivity index (χ3v) is 3.94. The van der Waals surface area contributed by atoms with Crippen LogP contribution in [0.4, 0.5) is 4.79 Å². The summed E-state index contributed by atoms with van der Waals surface area (Å²) in [6, 6.07) is -0.310. The summed E-state index contributed by atoms with van der Waals surface area (Å²) < 4.78 is 0. The summed E-state index contributed by atoms with van der Waals surface area (Å²) in [6.07, 6.45) is 4.10. The van der Waals surface area contributed by atoms with Crippen LogP contribution in [-0.4, -0.2) is 63.8 Å². The first-order valence-corrected chi connectivity index (χ1v) is 7.41. The van der Waals surface area contributed by atoms with Gasteiger partial charge in [0.1, 0.15) is 0 Å². The van der Waals surface area contributed by atoms with E-state index in [4.69, 9.17) is 5.11 Å². The maximum atomic E-state index is 12.6. The number of aliphatic hydroxyl groups is 1. The molecule has 6 heteroatoms. The number of urea groups is 1. The van der Waals surface area contributed by atoms with Gasteiger partial charge in [-0.2, -0.15) is 0 Å². The average Bonchev–Trinajstić information content (AvgIpc) is 2.89. The molecule has 1 unspecified atom stereocenters. The third-order valence-electron chi connectivity index (χ3n) is 3.94. The number of aliphatic hydroxyl groups excluding tert-OH is 1. The molecule has 0 saturated heterocycles. The molecule has 1 aliphatic rings. The smallest absolute Gasteiger partial charge is 0.320 e. The lowest BCUT2D eigenvalue weighted by Crippen LogP contribution is -2.51. The molecule has 1 rings (SSSR count). The van der Waals surface area contributed by atoms with Crippen LogP contribution in [0.1, 0.15) is 46.0 Å². The minimum Gasteiger partial charge on any atom is -0.481 e. The van der Waals surface area contributed by atoms with E-state index >= 15 is 0 Å². The Kier molecular flexibility index (Phi) is 6.78. The Hall–Kier alpha value is -1.30. The highest BCUT2D eigenvalue weighted by molar-refractivity contribution is 5.76. The van der Waals surface area contributed by atoms with E-state index in [1.807, 2.05) is 6.92 Å². The van der Waals surface area contributed by atoms with Crippen molar-refractivity contribution in [1.82, 2.24) is 9.80 Å². The number of carbonyl (C=O) groups excluding carboxylic acids is 1. The highest BCUT2D eigenvalue weighted by atomic mass is 16.4. The maximum absolute atomic E-state index is 12.6. The van der Waals surface area contributed by atoms with Crippen molar-refractivity contribution in [2.75, 3.05) is 19.7 Å². The number of nitrogens with zero attached hydrogens (tertiary/aromatic N) is 2. The van der Waals surface area contributed by atoms with Crippen molar-refractivity contribution in [2.45, 2.75) is 58.0 Å². The highest BCUT2D eigenvalue weighted by Crippen LogP contribution is 2.24. The van der Waals surface area contributed by atoms with E-state index in [-0.39, 0.29) is 31.1 Å². The first-order valence-electron chi connectivity index (χ1n) is 7.41. The molecule has 6 nitrogen and oxygen atoms in total. The van der Waals surface area contributed by atoms with Gasteiger partial charge in [-0.25, -0.2) is 4.79 Å². The first-order chi connectivity index (χ1) is 9.51. The summed E-state index contributed by atoms with van der Waals surface area (Å²) in [5, 5.41) is 18.0. The molecule has 20 heavy (non-hydrogen) atoms. The molecule has 1 aliphatic carbocycles. The van der Waals surface area contributed by atoms with Gasteiger partial charge in [0.05, 0.1) is 13.0 Å². The van der Waals surface area contributed by atoms with Crippen LogP contribution in [0.3, 0.4) is 0 Å². The van der Waals surface area contributed by atoms with E-state index in [0.717, 1.165) is 25.7 Å². The van der Waals surface area contributed by atoms with Crippen molar-refractivity contribution in [1.29, 1.82) is 0 Å². The Morgan fingerprint density at radius 3 is 2.35 bits per heavy atom. The van der Waals surface area contributed by atoms with Gasteiger partial charge in [-0.1, -0.05) is 12.8 Å². The van der Waals surface area contributed by atoms with Crippen molar-refractivity contribution >= 4 is 12.0 Å². The molecule has 1 atom stereocenters. The SMILES string of the molecule is CCN(C(=O)N(CCO)C1CCCC1)C(C)CC(=O)O. The summed E-state index contributed by atoms with van der Waals surface area (Å²) in [6.45, 7) is 4.33. The Balaban J connectivity index is 2.76. The van der Waals surface area contributed by atoms with E-state index < -0.39 is 5.97 Å². The van der Waals surface area contributed by atoms with Crippen LogP contribution in [0, 0.1) is 0 Å². The lowest BCUT2D eigenvalue weighted by molar-refractivity contribution is -0.138. The molecule has 116 valence electrons. The fourth-order valence-corrected chi connectivity index (χ4v) is 2.92. The number of hydrogen-bond acceptors (Lipinski definition) is 3. The molecule has 0 aromatic heterocycles. The van der Waals surface area contributed by atoms with Gasteiger partial charge in [-0.15, -0.1) is 0 Å². The molecule has 0 aromatic carbocycles. The van der Waals surface area contributed by atoms with Crippen LogP contribution in [0.5, 0.6) is 0 Å². The molecular weight excluding hydrogens is 260 g/mol. The van der Waals surface area contributed by atoms with Gasteiger partial charge in [0.15, 0.2) is 0 Å².